The number of aromatic nitrogens is 2. The van der Waals surface area contributed by atoms with Crippen molar-refractivity contribution in [1.29, 1.82) is 0 Å². The van der Waals surface area contributed by atoms with Gasteiger partial charge in [0.2, 0.25) is 0 Å². The predicted octanol–water partition coefficient (Wildman–Crippen LogP) is 4.01. The molecule has 0 saturated heterocycles. The number of benzene rings is 1. The molecular formula is C18H27N3. The van der Waals surface area contributed by atoms with Gasteiger partial charge in [0, 0.05) is 23.8 Å². The number of nitrogens with zero attached hydrogens (tertiary/aromatic N) is 2. The van der Waals surface area contributed by atoms with Crippen molar-refractivity contribution in [2.45, 2.75) is 53.6 Å². The van der Waals surface area contributed by atoms with E-state index in [2.05, 4.69) is 64.2 Å². The number of nitrogens with one attached hydrogen (secondary N) is 1. The smallest absolute Gasteiger partial charge is 0.0648 e. The van der Waals surface area contributed by atoms with Crippen LogP contribution in [0.1, 0.15) is 44.1 Å². The van der Waals surface area contributed by atoms with Gasteiger partial charge in [0.05, 0.1) is 11.4 Å². The molecule has 0 aliphatic rings. The maximum atomic E-state index is 4.70. The van der Waals surface area contributed by atoms with Crippen LogP contribution in [-0.4, -0.2) is 15.8 Å². The van der Waals surface area contributed by atoms with Gasteiger partial charge in [-0.1, -0.05) is 32.0 Å². The molecule has 1 aromatic carbocycles. The van der Waals surface area contributed by atoms with Crippen LogP contribution in [0, 0.1) is 19.8 Å². The van der Waals surface area contributed by atoms with E-state index in [1.807, 2.05) is 10.7 Å². The third-order valence-corrected chi connectivity index (χ3v) is 3.89. The minimum Gasteiger partial charge on any atom is -0.310 e. The van der Waals surface area contributed by atoms with Crippen molar-refractivity contribution in [2.75, 3.05) is 0 Å². The molecular weight excluding hydrogens is 258 g/mol. The van der Waals surface area contributed by atoms with Crippen LogP contribution in [-0.2, 0) is 6.54 Å². The van der Waals surface area contributed by atoms with Gasteiger partial charge in [0.15, 0.2) is 0 Å². The second-order valence-electron chi connectivity index (χ2n) is 6.31. The van der Waals surface area contributed by atoms with E-state index in [0.717, 1.165) is 23.8 Å². The molecule has 0 saturated carbocycles. The van der Waals surface area contributed by atoms with Gasteiger partial charge < -0.3 is 5.32 Å². The normalized spacial score (nSPS) is 12.9. The summed E-state index contributed by atoms with van der Waals surface area (Å²) in [6, 6.07) is 10.9. The lowest BCUT2D eigenvalue weighted by Crippen LogP contribution is -2.27. The van der Waals surface area contributed by atoms with Crippen molar-refractivity contribution in [1.82, 2.24) is 15.1 Å². The molecule has 21 heavy (non-hydrogen) atoms. The fourth-order valence-corrected chi connectivity index (χ4v) is 2.82. The molecule has 2 aromatic rings. The maximum absolute atomic E-state index is 4.70. The Morgan fingerprint density at radius 2 is 1.76 bits per heavy atom. The summed E-state index contributed by atoms with van der Waals surface area (Å²) >= 11 is 0. The summed E-state index contributed by atoms with van der Waals surface area (Å²) in [4.78, 5) is 0. The molecule has 1 aromatic heterocycles. The van der Waals surface area contributed by atoms with Crippen molar-refractivity contribution in [3.63, 3.8) is 0 Å². The minimum atomic E-state index is 0.531. The van der Waals surface area contributed by atoms with Gasteiger partial charge in [-0.2, -0.15) is 5.10 Å². The third-order valence-electron chi connectivity index (χ3n) is 3.89. The second-order valence-corrected chi connectivity index (χ2v) is 6.31. The molecule has 1 atom stereocenters. The van der Waals surface area contributed by atoms with Crippen LogP contribution < -0.4 is 5.32 Å². The van der Waals surface area contributed by atoms with E-state index in [9.17, 15) is 0 Å². The summed E-state index contributed by atoms with van der Waals surface area (Å²) in [7, 11) is 0. The van der Waals surface area contributed by atoms with Crippen molar-refractivity contribution in [2.24, 2.45) is 5.92 Å². The lowest BCUT2D eigenvalue weighted by molar-refractivity contribution is 0.441. The standard InChI is InChI=1S/C18H27N3/c1-13(2)11-14(3)19-12-18-15(4)20-21(16(18)5)17-9-7-6-8-10-17/h6-10,13-14,19H,11-12H2,1-5H3. The molecule has 3 nitrogen and oxygen atoms in total. The lowest BCUT2D eigenvalue weighted by Gasteiger charge is -2.16. The molecule has 1 N–H and O–H groups in total. The minimum absolute atomic E-state index is 0.531. The number of rotatable bonds is 6. The SMILES string of the molecule is Cc1nn(-c2ccccc2)c(C)c1CNC(C)CC(C)C. The van der Waals surface area contributed by atoms with Crippen molar-refractivity contribution in [3.05, 3.63) is 47.3 Å². The highest BCUT2D eigenvalue weighted by atomic mass is 15.3. The molecule has 3 heteroatoms. The molecule has 1 unspecified atom stereocenters. The molecule has 0 aliphatic carbocycles. The first kappa shape index (κ1) is 15.8. The van der Waals surface area contributed by atoms with Crippen LogP contribution in [0.3, 0.4) is 0 Å². The maximum Gasteiger partial charge on any atom is 0.0648 e. The van der Waals surface area contributed by atoms with Crippen molar-refractivity contribution < 1.29 is 0 Å². The first-order chi connectivity index (χ1) is 9.99. The van der Waals surface area contributed by atoms with Gasteiger partial charge in [-0.05, 0) is 45.2 Å². The zero-order valence-electron chi connectivity index (χ0n) is 13.9. The van der Waals surface area contributed by atoms with E-state index in [1.165, 1.54) is 17.7 Å². The zero-order chi connectivity index (χ0) is 15.4. The summed E-state index contributed by atoms with van der Waals surface area (Å²) in [5, 5.41) is 8.32. The first-order valence-electron chi connectivity index (χ1n) is 7.83. The molecule has 0 radical (unpaired) electrons. The molecule has 0 aliphatic heterocycles. The highest BCUT2D eigenvalue weighted by Gasteiger charge is 2.13. The zero-order valence-corrected chi connectivity index (χ0v) is 13.9. The molecule has 114 valence electrons. The Morgan fingerprint density at radius 1 is 1.10 bits per heavy atom. The Balaban J connectivity index is 2.13. The Labute approximate surface area is 128 Å². The van der Waals surface area contributed by atoms with E-state index in [1.54, 1.807) is 0 Å². The topological polar surface area (TPSA) is 29.9 Å². The van der Waals surface area contributed by atoms with E-state index in [0.29, 0.717) is 6.04 Å². The Hall–Kier alpha value is -1.61. The van der Waals surface area contributed by atoms with Crippen LogP contribution in [0.15, 0.2) is 30.3 Å². The summed E-state index contributed by atoms with van der Waals surface area (Å²) in [5.41, 5.74) is 4.78. The Morgan fingerprint density at radius 3 is 2.38 bits per heavy atom. The highest BCUT2D eigenvalue weighted by molar-refractivity contribution is 5.36. The highest BCUT2D eigenvalue weighted by Crippen LogP contribution is 2.18. The lowest BCUT2D eigenvalue weighted by atomic mass is 10.0. The fourth-order valence-electron chi connectivity index (χ4n) is 2.82. The molecule has 0 bridgehead atoms. The van der Waals surface area contributed by atoms with Crippen LogP contribution >= 0.6 is 0 Å². The molecule has 0 amide bonds. The average Bonchev–Trinajstić information content (AvgIpc) is 2.72. The second kappa shape index (κ2) is 6.90. The van der Waals surface area contributed by atoms with Crippen LogP contribution in [0.2, 0.25) is 0 Å². The van der Waals surface area contributed by atoms with Gasteiger partial charge in [-0.3, -0.25) is 0 Å². The summed E-state index contributed by atoms with van der Waals surface area (Å²) in [6.45, 7) is 11.9. The number of hydrogen-bond acceptors (Lipinski definition) is 2. The number of para-hydroxylation sites is 1. The molecule has 2 rings (SSSR count). The first-order valence-corrected chi connectivity index (χ1v) is 7.83. The predicted molar refractivity (Wildman–Crippen MR) is 88.8 cm³/mol. The quantitative estimate of drug-likeness (QED) is 0.869. The van der Waals surface area contributed by atoms with Gasteiger partial charge in [-0.15, -0.1) is 0 Å². The van der Waals surface area contributed by atoms with Crippen LogP contribution in [0.4, 0.5) is 0 Å². The largest absolute Gasteiger partial charge is 0.310 e. The van der Waals surface area contributed by atoms with Crippen LogP contribution in [0.25, 0.3) is 5.69 Å². The Bertz CT molecular complexity index is 570. The molecule has 0 fully saturated rings. The van der Waals surface area contributed by atoms with E-state index in [4.69, 9.17) is 5.10 Å². The molecule has 1 heterocycles. The summed E-state index contributed by atoms with van der Waals surface area (Å²) in [5.74, 6) is 0.724. The van der Waals surface area contributed by atoms with Gasteiger partial charge in [-0.25, -0.2) is 4.68 Å². The number of hydrogen-bond donors (Lipinski definition) is 1. The van der Waals surface area contributed by atoms with Crippen molar-refractivity contribution in [3.8, 4) is 5.69 Å². The average molecular weight is 285 g/mol. The summed E-state index contributed by atoms with van der Waals surface area (Å²) < 4.78 is 2.04. The van der Waals surface area contributed by atoms with Gasteiger partial charge in [0.1, 0.15) is 0 Å². The monoisotopic (exact) mass is 285 g/mol. The van der Waals surface area contributed by atoms with Gasteiger partial charge >= 0.3 is 0 Å². The van der Waals surface area contributed by atoms with Crippen molar-refractivity contribution >= 4 is 0 Å². The van der Waals surface area contributed by atoms with Gasteiger partial charge in [0.25, 0.3) is 0 Å². The summed E-state index contributed by atoms with van der Waals surface area (Å²) in [6.07, 6.45) is 1.20. The van der Waals surface area contributed by atoms with Crippen LogP contribution in [0.5, 0.6) is 0 Å². The van der Waals surface area contributed by atoms with E-state index < -0.39 is 0 Å². The van der Waals surface area contributed by atoms with E-state index in [-0.39, 0.29) is 0 Å². The number of aryl methyl sites for hydroxylation is 1. The molecule has 0 spiro atoms. The van der Waals surface area contributed by atoms with E-state index >= 15 is 0 Å². The Kier molecular flexibility index (Phi) is 5.18. The third kappa shape index (κ3) is 3.94. The fraction of sp³-hybridized carbons (Fsp3) is 0.500.